The molecule has 3 nitrogen and oxygen atoms in total. The molecule has 2 rings (SSSR count). The molecule has 1 aromatic rings. The first-order chi connectivity index (χ1) is 9.58. The van der Waals surface area contributed by atoms with Gasteiger partial charge in [0.25, 0.3) is 5.91 Å². The van der Waals surface area contributed by atoms with E-state index in [4.69, 9.17) is 0 Å². The van der Waals surface area contributed by atoms with Crippen LogP contribution < -0.4 is 5.32 Å². The van der Waals surface area contributed by atoms with Gasteiger partial charge in [0.2, 0.25) is 0 Å². The van der Waals surface area contributed by atoms with E-state index in [1.165, 1.54) is 18.2 Å². The molecule has 1 aliphatic rings. The second kappa shape index (κ2) is 6.04. The van der Waals surface area contributed by atoms with Crippen LogP contribution in [0.25, 0.3) is 0 Å². The number of hydrogen-bond acceptors (Lipinski definition) is 2. The summed E-state index contributed by atoms with van der Waals surface area (Å²) in [5, 5.41) is 12.2. The van der Waals surface area contributed by atoms with E-state index >= 15 is 0 Å². The first-order valence-electron chi connectivity index (χ1n) is 7.08. The Labute approximate surface area is 118 Å². The molecule has 0 radical (unpaired) electrons. The van der Waals surface area contributed by atoms with Crippen molar-refractivity contribution >= 4 is 5.91 Å². The van der Waals surface area contributed by atoms with Crippen molar-refractivity contribution in [1.29, 1.82) is 5.26 Å². The minimum absolute atomic E-state index is 0.261. The van der Waals surface area contributed by atoms with Crippen LogP contribution in [0.4, 0.5) is 4.39 Å². The molecule has 1 aliphatic carbocycles. The van der Waals surface area contributed by atoms with Gasteiger partial charge in [-0.05, 0) is 49.8 Å². The molecule has 106 valence electrons. The zero-order valence-corrected chi connectivity index (χ0v) is 11.7. The molecule has 20 heavy (non-hydrogen) atoms. The predicted molar refractivity (Wildman–Crippen MR) is 74.5 cm³/mol. The molecular weight excluding hydrogens is 255 g/mol. The number of carbonyl (C=O) groups excluding carboxylic acids is 1. The number of halogens is 1. The summed E-state index contributed by atoms with van der Waals surface area (Å²) in [6, 6.07) is 7.79. The van der Waals surface area contributed by atoms with Gasteiger partial charge in [0.05, 0.1) is 6.07 Å². The van der Waals surface area contributed by atoms with Gasteiger partial charge in [-0.15, -0.1) is 0 Å². The van der Waals surface area contributed by atoms with Crippen LogP contribution >= 0.6 is 0 Å². The highest BCUT2D eigenvalue weighted by atomic mass is 19.1. The first kappa shape index (κ1) is 14.5. The fraction of sp³-hybridized carbons (Fsp3) is 0.500. The van der Waals surface area contributed by atoms with E-state index < -0.39 is 11.4 Å². The molecule has 0 aliphatic heterocycles. The van der Waals surface area contributed by atoms with Crippen molar-refractivity contribution in [3.8, 4) is 6.07 Å². The highest BCUT2D eigenvalue weighted by molar-refractivity contribution is 5.94. The SMILES string of the molecule is CCC1CCC(C#N)(NC(=O)c2cccc(F)c2)CC1. The Morgan fingerprint density at radius 3 is 2.75 bits per heavy atom. The zero-order valence-electron chi connectivity index (χ0n) is 11.7. The van der Waals surface area contributed by atoms with Gasteiger partial charge in [0.15, 0.2) is 0 Å². The van der Waals surface area contributed by atoms with Crippen LogP contribution in [0, 0.1) is 23.1 Å². The van der Waals surface area contributed by atoms with Gasteiger partial charge in [0, 0.05) is 5.56 Å². The molecule has 1 aromatic carbocycles. The Balaban J connectivity index is 2.07. The van der Waals surface area contributed by atoms with E-state index in [9.17, 15) is 14.4 Å². The number of amides is 1. The Bertz CT molecular complexity index is 528. The maximum absolute atomic E-state index is 13.1. The topological polar surface area (TPSA) is 52.9 Å². The van der Waals surface area contributed by atoms with Gasteiger partial charge in [-0.2, -0.15) is 5.26 Å². The van der Waals surface area contributed by atoms with Gasteiger partial charge in [-0.3, -0.25) is 4.79 Å². The molecular formula is C16H19FN2O. The molecule has 0 atom stereocenters. The summed E-state index contributed by atoms with van der Waals surface area (Å²) in [5.41, 5.74) is -0.535. The molecule has 0 bridgehead atoms. The molecule has 0 unspecified atom stereocenters. The van der Waals surface area contributed by atoms with Gasteiger partial charge in [-0.25, -0.2) is 4.39 Å². The third kappa shape index (κ3) is 3.16. The number of carbonyl (C=O) groups is 1. The Morgan fingerprint density at radius 2 is 2.20 bits per heavy atom. The summed E-state index contributed by atoms with van der Waals surface area (Å²) < 4.78 is 13.1. The Morgan fingerprint density at radius 1 is 1.50 bits per heavy atom. The Kier molecular flexibility index (Phi) is 4.39. The van der Waals surface area contributed by atoms with Gasteiger partial charge < -0.3 is 5.32 Å². The lowest BCUT2D eigenvalue weighted by molar-refractivity contribution is 0.0890. The molecule has 0 heterocycles. The molecule has 1 fully saturated rings. The van der Waals surface area contributed by atoms with Crippen LogP contribution in [0.2, 0.25) is 0 Å². The average Bonchev–Trinajstić information content (AvgIpc) is 2.48. The van der Waals surface area contributed by atoms with Crippen molar-refractivity contribution in [2.45, 2.75) is 44.6 Å². The van der Waals surface area contributed by atoms with Gasteiger partial charge in [-0.1, -0.05) is 19.4 Å². The summed E-state index contributed by atoms with van der Waals surface area (Å²) in [6.07, 6.45) is 4.35. The maximum Gasteiger partial charge on any atom is 0.252 e. The van der Waals surface area contributed by atoms with E-state index in [0.29, 0.717) is 18.8 Å². The normalized spacial score (nSPS) is 25.8. The number of benzene rings is 1. The quantitative estimate of drug-likeness (QED) is 0.918. The summed E-state index contributed by atoms with van der Waals surface area (Å²) in [6.45, 7) is 2.15. The Hall–Kier alpha value is -1.89. The van der Waals surface area contributed by atoms with Crippen LogP contribution in [-0.2, 0) is 0 Å². The van der Waals surface area contributed by atoms with Crippen LogP contribution in [0.3, 0.4) is 0 Å². The molecule has 4 heteroatoms. The van der Waals surface area contributed by atoms with Gasteiger partial charge in [0.1, 0.15) is 11.4 Å². The van der Waals surface area contributed by atoms with Crippen molar-refractivity contribution in [3.05, 3.63) is 35.6 Å². The lowest BCUT2D eigenvalue weighted by Gasteiger charge is -2.35. The monoisotopic (exact) mass is 274 g/mol. The lowest BCUT2D eigenvalue weighted by Crippen LogP contribution is -2.49. The molecule has 1 saturated carbocycles. The van der Waals surface area contributed by atoms with Crippen molar-refractivity contribution in [3.63, 3.8) is 0 Å². The third-order valence-electron chi connectivity index (χ3n) is 4.19. The predicted octanol–water partition coefficient (Wildman–Crippen LogP) is 3.42. The number of nitrogens with zero attached hydrogens (tertiary/aromatic N) is 1. The minimum atomic E-state index is -0.797. The van der Waals surface area contributed by atoms with Crippen LogP contribution in [0.15, 0.2) is 24.3 Å². The molecule has 1 N–H and O–H groups in total. The largest absolute Gasteiger partial charge is 0.334 e. The van der Waals surface area contributed by atoms with Crippen molar-refractivity contribution in [2.24, 2.45) is 5.92 Å². The van der Waals surface area contributed by atoms with Gasteiger partial charge >= 0.3 is 0 Å². The number of rotatable bonds is 3. The second-order valence-corrected chi connectivity index (χ2v) is 5.51. The standard InChI is InChI=1S/C16H19FN2O/c1-2-12-6-8-16(11-18,9-7-12)19-15(20)13-4-3-5-14(17)10-13/h3-5,10,12H,2,6-9H2,1H3,(H,19,20). The lowest BCUT2D eigenvalue weighted by atomic mass is 9.76. The number of hydrogen-bond donors (Lipinski definition) is 1. The first-order valence-corrected chi connectivity index (χ1v) is 7.08. The zero-order chi connectivity index (χ0) is 14.6. The number of nitrogens with one attached hydrogen (secondary N) is 1. The van der Waals surface area contributed by atoms with Crippen LogP contribution in [-0.4, -0.2) is 11.4 Å². The highest BCUT2D eigenvalue weighted by Gasteiger charge is 2.36. The van der Waals surface area contributed by atoms with Crippen LogP contribution in [0.5, 0.6) is 0 Å². The molecule has 0 aromatic heterocycles. The fourth-order valence-electron chi connectivity index (χ4n) is 2.76. The van der Waals surface area contributed by atoms with Crippen molar-refractivity contribution < 1.29 is 9.18 Å². The smallest absolute Gasteiger partial charge is 0.252 e. The third-order valence-corrected chi connectivity index (χ3v) is 4.19. The summed E-state index contributed by atoms with van der Waals surface area (Å²) >= 11 is 0. The van der Waals surface area contributed by atoms with E-state index in [1.807, 2.05) is 0 Å². The number of nitriles is 1. The van der Waals surface area contributed by atoms with E-state index in [-0.39, 0.29) is 11.5 Å². The summed E-state index contributed by atoms with van der Waals surface area (Å²) in [4.78, 5) is 12.2. The minimum Gasteiger partial charge on any atom is -0.334 e. The molecule has 0 saturated heterocycles. The summed E-state index contributed by atoms with van der Waals surface area (Å²) in [7, 11) is 0. The average molecular weight is 274 g/mol. The second-order valence-electron chi connectivity index (χ2n) is 5.51. The fourth-order valence-corrected chi connectivity index (χ4v) is 2.76. The van der Waals surface area contributed by atoms with Crippen LogP contribution in [0.1, 0.15) is 49.4 Å². The maximum atomic E-state index is 13.1. The van der Waals surface area contributed by atoms with Crippen molar-refractivity contribution in [2.75, 3.05) is 0 Å². The molecule has 1 amide bonds. The van der Waals surface area contributed by atoms with E-state index in [0.717, 1.165) is 19.3 Å². The summed E-state index contributed by atoms with van der Waals surface area (Å²) in [5.74, 6) is -0.179. The van der Waals surface area contributed by atoms with E-state index in [2.05, 4.69) is 18.3 Å². The van der Waals surface area contributed by atoms with E-state index in [1.54, 1.807) is 6.07 Å². The highest BCUT2D eigenvalue weighted by Crippen LogP contribution is 2.33. The van der Waals surface area contributed by atoms with Crippen molar-refractivity contribution in [1.82, 2.24) is 5.32 Å². The molecule has 0 spiro atoms.